The SMILES string of the molecule is Cc1c(N/C=C(\C#N)C(=O)C(C)(C)C)c(=O)n(-c2ccccc2)n1C. The van der Waals surface area contributed by atoms with E-state index >= 15 is 0 Å². The minimum atomic E-state index is -0.667. The molecule has 0 amide bonds. The lowest BCUT2D eigenvalue weighted by Crippen LogP contribution is -2.23. The maximum Gasteiger partial charge on any atom is 0.295 e. The molecule has 1 heterocycles. The first-order chi connectivity index (χ1) is 11.7. The fourth-order valence-electron chi connectivity index (χ4n) is 2.43. The molecule has 0 aliphatic rings. The zero-order valence-corrected chi connectivity index (χ0v) is 15.1. The van der Waals surface area contributed by atoms with Crippen molar-refractivity contribution in [2.45, 2.75) is 27.7 Å². The van der Waals surface area contributed by atoms with E-state index in [4.69, 9.17) is 0 Å². The van der Waals surface area contributed by atoms with Gasteiger partial charge < -0.3 is 5.32 Å². The summed E-state index contributed by atoms with van der Waals surface area (Å²) in [5.41, 5.74) is 0.844. The van der Waals surface area contributed by atoms with Gasteiger partial charge in [-0.3, -0.25) is 14.3 Å². The summed E-state index contributed by atoms with van der Waals surface area (Å²) in [4.78, 5) is 25.0. The lowest BCUT2D eigenvalue weighted by molar-refractivity contribution is -0.122. The molecular weight excluding hydrogens is 316 g/mol. The van der Waals surface area contributed by atoms with Crippen LogP contribution in [-0.2, 0) is 11.8 Å². The number of para-hydroxylation sites is 1. The van der Waals surface area contributed by atoms with Crippen LogP contribution in [0, 0.1) is 23.7 Å². The van der Waals surface area contributed by atoms with Gasteiger partial charge in [0.1, 0.15) is 17.3 Å². The summed E-state index contributed by atoms with van der Waals surface area (Å²) in [7, 11) is 1.78. The molecule has 0 aliphatic heterocycles. The number of carbonyl (C=O) groups is 1. The molecule has 1 N–H and O–H groups in total. The number of aromatic nitrogens is 2. The Morgan fingerprint density at radius 2 is 1.84 bits per heavy atom. The summed E-state index contributed by atoms with van der Waals surface area (Å²) in [5.74, 6) is -0.278. The van der Waals surface area contributed by atoms with E-state index in [1.54, 1.807) is 39.4 Å². The molecule has 0 fully saturated rings. The van der Waals surface area contributed by atoms with Crippen LogP contribution in [0.25, 0.3) is 5.69 Å². The highest BCUT2D eigenvalue weighted by Gasteiger charge is 2.25. The fourth-order valence-corrected chi connectivity index (χ4v) is 2.43. The summed E-state index contributed by atoms with van der Waals surface area (Å²) >= 11 is 0. The Kier molecular flexibility index (Phi) is 4.98. The highest BCUT2D eigenvalue weighted by Crippen LogP contribution is 2.20. The third-order valence-corrected chi connectivity index (χ3v) is 3.96. The van der Waals surface area contributed by atoms with Crippen LogP contribution >= 0.6 is 0 Å². The second-order valence-electron chi connectivity index (χ2n) is 6.83. The quantitative estimate of drug-likeness (QED) is 0.686. The lowest BCUT2D eigenvalue weighted by atomic mass is 9.87. The molecule has 0 radical (unpaired) electrons. The average molecular weight is 338 g/mol. The first kappa shape index (κ1) is 18.3. The number of nitriles is 1. The molecule has 0 spiro atoms. The van der Waals surface area contributed by atoms with Gasteiger partial charge in [0.05, 0.1) is 11.4 Å². The standard InChI is InChI=1S/C19H22N4O2/c1-13-16(21-12-14(11-20)17(24)19(2,3)4)18(25)23(22(13)5)15-9-7-6-8-10-15/h6-10,12,21H,1-5H3/b14-12+. The summed E-state index contributed by atoms with van der Waals surface area (Å²) in [6.07, 6.45) is 1.31. The molecule has 0 bridgehead atoms. The van der Waals surface area contributed by atoms with Crippen molar-refractivity contribution in [2.24, 2.45) is 12.5 Å². The molecule has 0 saturated heterocycles. The molecule has 2 aromatic rings. The predicted octanol–water partition coefficient (Wildman–Crippen LogP) is 2.92. The Bertz CT molecular complexity index is 919. The molecule has 6 heteroatoms. The van der Waals surface area contributed by atoms with Crippen molar-refractivity contribution in [3.05, 3.63) is 58.2 Å². The number of nitrogens with zero attached hydrogens (tertiary/aromatic N) is 3. The monoisotopic (exact) mass is 338 g/mol. The largest absolute Gasteiger partial charge is 0.354 e. The Morgan fingerprint density at radius 1 is 1.24 bits per heavy atom. The number of hydrogen-bond acceptors (Lipinski definition) is 4. The third kappa shape index (κ3) is 3.56. The Morgan fingerprint density at radius 3 is 2.36 bits per heavy atom. The van der Waals surface area contributed by atoms with E-state index in [1.165, 1.54) is 10.9 Å². The predicted molar refractivity (Wildman–Crippen MR) is 97.5 cm³/mol. The van der Waals surface area contributed by atoms with Gasteiger partial charge in [0, 0.05) is 18.7 Å². The second-order valence-corrected chi connectivity index (χ2v) is 6.83. The van der Waals surface area contributed by atoms with Crippen molar-refractivity contribution in [3.8, 4) is 11.8 Å². The summed E-state index contributed by atoms with van der Waals surface area (Å²) in [6, 6.07) is 11.2. The van der Waals surface area contributed by atoms with E-state index in [9.17, 15) is 14.9 Å². The highest BCUT2D eigenvalue weighted by atomic mass is 16.1. The molecule has 1 aromatic carbocycles. The minimum Gasteiger partial charge on any atom is -0.354 e. The van der Waals surface area contributed by atoms with E-state index in [2.05, 4.69) is 5.32 Å². The third-order valence-electron chi connectivity index (χ3n) is 3.96. The van der Waals surface area contributed by atoms with Crippen molar-refractivity contribution in [3.63, 3.8) is 0 Å². The van der Waals surface area contributed by atoms with Gasteiger partial charge in [-0.05, 0) is 19.1 Å². The fraction of sp³-hybridized carbons (Fsp3) is 0.316. The number of anilines is 1. The van der Waals surface area contributed by atoms with Crippen LogP contribution < -0.4 is 10.9 Å². The number of benzene rings is 1. The molecule has 0 unspecified atom stereocenters. The first-order valence-electron chi connectivity index (χ1n) is 7.94. The molecule has 0 atom stereocenters. The van der Waals surface area contributed by atoms with Gasteiger partial charge in [-0.25, -0.2) is 4.68 Å². The number of rotatable bonds is 4. The van der Waals surface area contributed by atoms with Crippen LogP contribution in [0.15, 0.2) is 46.9 Å². The van der Waals surface area contributed by atoms with Gasteiger partial charge in [-0.2, -0.15) is 5.26 Å². The number of allylic oxidation sites excluding steroid dienone is 1. The van der Waals surface area contributed by atoms with Crippen LogP contribution in [0.2, 0.25) is 0 Å². The number of nitrogens with one attached hydrogen (secondary N) is 1. The molecule has 1 aromatic heterocycles. The molecular formula is C19H22N4O2. The molecule has 6 nitrogen and oxygen atoms in total. The van der Waals surface area contributed by atoms with Gasteiger partial charge in [0.25, 0.3) is 5.56 Å². The number of ketones is 1. The summed E-state index contributed by atoms with van der Waals surface area (Å²) in [6.45, 7) is 7.04. The minimum absolute atomic E-state index is 0.0126. The average Bonchev–Trinajstić information content (AvgIpc) is 2.78. The van der Waals surface area contributed by atoms with Crippen LogP contribution in [0.5, 0.6) is 0 Å². The van der Waals surface area contributed by atoms with Gasteiger partial charge in [0.15, 0.2) is 5.78 Å². The first-order valence-corrected chi connectivity index (χ1v) is 7.94. The summed E-state index contributed by atoms with van der Waals surface area (Å²) in [5, 5.41) is 12.1. The molecule has 0 aliphatic carbocycles. The van der Waals surface area contributed by atoms with Crippen molar-refractivity contribution < 1.29 is 4.79 Å². The maximum absolute atomic E-state index is 12.8. The van der Waals surface area contributed by atoms with E-state index in [-0.39, 0.29) is 16.9 Å². The second kappa shape index (κ2) is 6.81. The van der Waals surface area contributed by atoms with Gasteiger partial charge in [-0.15, -0.1) is 0 Å². The number of hydrogen-bond donors (Lipinski definition) is 1. The normalized spacial score (nSPS) is 11.9. The van der Waals surface area contributed by atoms with E-state index in [0.29, 0.717) is 11.4 Å². The number of carbonyl (C=O) groups excluding carboxylic acids is 1. The Balaban J connectivity index is 2.46. The van der Waals surface area contributed by atoms with Crippen molar-refractivity contribution in [1.29, 1.82) is 5.26 Å². The highest BCUT2D eigenvalue weighted by molar-refractivity contribution is 6.02. The lowest BCUT2D eigenvalue weighted by Gasteiger charge is -2.15. The molecule has 0 saturated carbocycles. The van der Waals surface area contributed by atoms with Gasteiger partial charge >= 0.3 is 0 Å². The van der Waals surface area contributed by atoms with Gasteiger partial charge in [0.2, 0.25) is 0 Å². The van der Waals surface area contributed by atoms with Crippen molar-refractivity contribution >= 4 is 11.5 Å². The van der Waals surface area contributed by atoms with E-state index < -0.39 is 5.41 Å². The smallest absolute Gasteiger partial charge is 0.295 e. The van der Waals surface area contributed by atoms with E-state index in [1.807, 2.05) is 36.4 Å². The summed E-state index contributed by atoms with van der Waals surface area (Å²) < 4.78 is 3.26. The van der Waals surface area contributed by atoms with E-state index in [0.717, 1.165) is 5.69 Å². The molecule has 25 heavy (non-hydrogen) atoms. The van der Waals surface area contributed by atoms with Crippen LogP contribution in [0.3, 0.4) is 0 Å². The number of Topliss-reactive ketones (excluding diaryl/α,β-unsaturated/α-hetero) is 1. The maximum atomic E-state index is 12.8. The van der Waals surface area contributed by atoms with Crippen molar-refractivity contribution in [2.75, 3.05) is 5.32 Å². The Labute approximate surface area is 147 Å². The molecule has 2 rings (SSSR count). The topological polar surface area (TPSA) is 79.8 Å². The zero-order chi connectivity index (χ0) is 18.8. The van der Waals surface area contributed by atoms with Crippen LogP contribution in [-0.4, -0.2) is 15.1 Å². The Hall–Kier alpha value is -3.07. The van der Waals surface area contributed by atoms with Gasteiger partial charge in [-0.1, -0.05) is 39.0 Å². The molecule has 130 valence electrons. The van der Waals surface area contributed by atoms with Crippen molar-refractivity contribution in [1.82, 2.24) is 9.36 Å². The van der Waals surface area contributed by atoms with Crippen LogP contribution in [0.1, 0.15) is 26.5 Å². The van der Waals surface area contributed by atoms with Crippen LogP contribution in [0.4, 0.5) is 5.69 Å². The zero-order valence-electron chi connectivity index (χ0n) is 15.1.